The van der Waals surface area contributed by atoms with Crippen molar-refractivity contribution < 1.29 is 24.2 Å². The van der Waals surface area contributed by atoms with Gasteiger partial charge in [-0.15, -0.1) is 0 Å². The summed E-state index contributed by atoms with van der Waals surface area (Å²) in [6, 6.07) is 8.68. The summed E-state index contributed by atoms with van der Waals surface area (Å²) in [6.07, 6.45) is 1.14. The number of nitrogens with zero attached hydrogens (tertiary/aromatic N) is 1. The molecule has 1 aliphatic heterocycles. The Hall–Kier alpha value is -2.54. The largest absolute Gasteiger partial charge is 0.445 e. The van der Waals surface area contributed by atoms with E-state index < -0.39 is 29.9 Å². The molecule has 0 fully saturated rings. The number of rotatable bonds is 3. The van der Waals surface area contributed by atoms with Gasteiger partial charge in [0.1, 0.15) is 12.2 Å². The number of nitrogens with one attached hydrogen (secondary N) is 1. The fourth-order valence-electron chi connectivity index (χ4n) is 2.43. The number of benzene rings is 1. The second-order valence-electron chi connectivity index (χ2n) is 7.12. The second-order valence-corrected chi connectivity index (χ2v) is 7.12. The van der Waals surface area contributed by atoms with Crippen LogP contribution in [0.15, 0.2) is 42.5 Å². The van der Waals surface area contributed by atoms with E-state index in [1.165, 1.54) is 4.90 Å². The lowest BCUT2D eigenvalue weighted by Gasteiger charge is -2.28. The molecule has 0 aromatic heterocycles. The van der Waals surface area contributed by atoms with Crippen LogP contribution in [0, 0.1) is 0 Å². The molecule has 1 aromatic rings. The molecular weight excluding hydrogens is 336 g/mol. The van der Waals surface area contributed by atoms with Crippen LogP contribution >= 0.6 is 0 Å². The molecule has 7 nitrogen and oxygen atoms in total. The van der Waals surface area contributed by atoms with Crippen LogP contribution in [0.4, 0.5) is 9.59 Å². The average Bonchev–Trinajstić information content (AvgIpc) is 2.74. The van der Waals surface area contributed by atoms with Gasteiger partial charge in [-0.1, -0.05) is 42.5 Å². The van der Waals surface area contributed by atoms with Crippen molar-refractivity contribution in [3.8, 4) is 0 Å². The van der Waals surface area contributed by atoms with E-state index in [4.69, 9.17) is 9.47 Å². The quantitative estimate of drug-likeness (QED) is 0.807. The first-order valence-corrected chi connectivity index (χ1v) is 8.54. The number of ether oxygens (including phenoxy) is 2. The molecule has 0 radical (unpaired) electrons. The number of hydrogen-bond acceptors (Lipinski definition) is 5. The minimum atomic E-state index is -0.922. The lowest BCUT2D eigenvalue weighted by Crippen LogP contribution is -2.51. The maximum Gasteiger partial charge on any atom is 0.410 e. The first kappa shape index (κ1) is 19.8. The number of carbonyl (C=O) groups excluding carboxylic acids is 2. The van der Waals surface area contributed by atoms with Crippen molar-refractivity contribution in [3.63, 3.8) is 0 Å². The van der Waals surface area contributed by atoms with E-state index in [1.807, 2.05) is 30.3 Å². The van der Waals surface area contributed by atoms with Gasteiger partial charge in [-0.05, 0) is 26.3 Å². The summed E-state index contributed by atoms with van der Waals surface area (Å²) in [7, 11) is 0. The zero-order valence-electron chi connectivity index (χ0n) is 15.3. The van der Waals surface area contributed by atoms with Gasteiger partial charge in [-0.2, -0.15) is 0 Å². The fraction of sp³-hybridized carbons (Fsp3) is 0.474. The minimum Gasteiger partial charge on any atom is -0.445 e. The summed E-state index contributed by atoms with van der Waals surface area (Å²) in [5, 5.41) is 12.8. The number of hydrogen-bond donors (Lipinski definition) is 2. The van der Waals surface area contributed by atoms with Crippen LogP contribution in [0.3, 0.4) is 0 Å². The third-order valence-electron chi connectivity index (χ3n) is 3.65. The predicted octanol–water partition coefficient (Wildman–Crippen LogP) is 2.45. The minimum absolute atomic E-state index is 0.112. The van der Waals surface area contributed by atoms with Crippen molar-refractivity contribution in [2.45, 2.75) is 45.1 Å². The Balaban J connectivity index is 1.93. The van der Waals surface area contributed by atoms with Crippen molar-refractivity contribution in [2.75, 3.05) is 13.1 Å². The van der Waals surface area contributed by atoms with E-state index in [0.717, 1.165) is 5.56 Å². The van der Waals surface area contributed by atoms with Crippen LogP contribution in [0.2, 0.25) is 0 Å². The number of aliphatic hydroxyl groups is 1. The van der Waals surface area contributed by atoms with E-state index in [9.17, 15) is 14.7 Å². The van der Waals surface area contributed by atoms with E-state index in [0.29, 0.717) is 0 Å². The van der Waals surface area contributed by atoms with E-state index >= 15 is 0 Å². The molecule has 2 N–H and O–H groups in total. The number of carbonyl (C=O) groups is 2. The van der Waals surface area contributed by atoms with Crippen LogP contribution in [-0.4, -0.2) is 53.0 Å². The Morgan fingerprint density at radius 2 is 1.96 bits per heavy atom. The van der Waals surface area contributed by atoms with Crippen molar-refractivity contribution in [3.05, 3.63) is 48.0 Å². The molecule has 2 atom stereocenters. The highest BCUT2D eigenvalue weighted by molar-refractivity contribution is 5.70. The molecule has 2 amide bonds. The van der Waals surface area contributed by atoms with Gasteiger partial charge in [0, 0.05) is 13.1 Å². The smallest absolute Gasteiger partial charge is 0.410 e. The average molecular weight is 362 g/mol. The molecular formula is C19H26N2O5. The molecule has 0 unspecified atom stereocenters. The maximum atomic E-state index is 12.3. The van der Waals surface area contributed by atoms with Gasteiger partial charge < -0.3 is 24.8 Å². The predicted molar refractivity (Wildman–Crippen MR) is 96.5 cm³/mol. The number of aliphatic hydroxyl groups excluding tert-OH is 1. The molecule has 1 heterocycles. The fourth-order valence-corrected chi connectivity index (χ4v) is 2.43. The second kappa shape index (κ2) is 8.71. The highest BCUT2D eigenvalue weighted by Gasteiger charge is 2.29. The Morgan fingerprint density at radius 1 is 1.27 bits per heavy atom. The van der Waals surface area contributed by atoms with Crippen LogP contribution in [0.5, 0.6) is 0 Å². The summed E-state index contributed by atoms with van der Waals surface area (Å²) in [6.45, 7) is 5.82. The zero-order valence-corrected chi connectivity index (χ0v) is 15.3. The van der Waals surface area contributed by atoms with Crippen LogP contribution in [0.1, 0.15) is 26.3 Å². The molecule has 0 aliphatic carbocycles. The lowest BCUT2D eigenvalue weighted by atomic mass is 10.1. The Bertz CT molecular complexity index is 639. The highest BCUT2D eigenvalue weighted by atomic mass is 16.6. The molecule has 0 saturated heterocycles. The third-order valence-corrected chi connectivity index (χ3v) is 3.65. The zero-order chi connectivity index (χ0) is 19.2. The van der Waals surface area contributed by atoms with Crippen molar-refractivity contribution in [2.24, 2.45) is 0 Å². The molecule has 26 heavy (non-hydrogen) atoms. The van der Waals surface area contributed by atoms with Gasteiger partial charge in [-0.25, -0.2) is 9.59 Å². The number of amides is 2. The standard InChI is InChI=1S/C19H26N2O5/c1-19(2,3)26-17(23)20-15-12-21(11-7-10-16(15)22)18(24)25-13-14-8-5-4-6-9-14/h4-10,15-16,22H,11-13H2,1-3H3,(H,20,23)/t15-,16-/m0/s1. The summed E-state index contributed by atoms with van der Waals surface area (Å²) in [5.74, 6) is 0. The van der Waals surface area contributed by atoms with Gasteiger partial charge >= 0.3 is 12.2 Å². The molecule has 1 aromatic carbocycles. The first-order chi connectivity index (χ1) is 12.2. The topological polar surface area (TPSA) is 88.1 Å². The van der Waals surface area contributed by atoms with E-state index in [2.05, 4.69) is 5.32 Å². The SMILES string of the molecule is CC(C)(C)OC(=O)N[C@H]1CN(C(=O)OCc2ccccc2)CC=C[C@@H]1O. The monoisotopic (exact) mass is 362 g/mol. The molecule has 7 heteroatoms. The van der Waals surface area contributed by atoms with Gasteiger partial charge in [0.2, 0.25) is 0 Å². The first-order valence-electron chi connectivity index (χ1n) is 8.54. The maximum absolute atomic E-state index is 12.3. The van der Waals surface area contributed by atoms with Gasteiger partial charge in [0.15, 0.2) is 0 Å². The molecule has 1 aliphatic rings. The Morgan fingerprint density at radius 3 is 2.62 bits per heavy atom. The molecule has 0 bridgehead atoms. The van der Waals surface area contributed by atoms with Gasteiger partial charge in [-0.3, -0.25) is 0 Å². The van der Waals surface area contributed by atoms with Crippen molar-refractivity contribution >= 4 is 12.2 Å². The van der Waals surface area contributed by atoms with Gasteiger partial charge in [0.25, 0.3) is 0 Å². The Labute approximate surface area is 153 Å². The van der Waals surface area contributed by atoms with E-state index in [-0.39, 0.29) is 19.7 Å². The van der Waals surface area contributed by atoms with Crippen molar-refractivity contribution in [1.82, 2.24) is 10.2 Å². The molecule has 2 rings (SSSR count). The van der Waals surface area contributed by atoms with Crippen LogP contribution in [-0.2, 0) is 16.1 Å². The van der Waals surface area contributed by atoms with Crippen LogP contribution < -0.4 is 5.32 Å². The highest BCUT2D eigenvalue weighted by Crippen LogP contribution is 2.11. The summed E-state index contributed by atoms with van der Waals surface area (Å²) < 4.78 is 10.5. The van der Waals surface area contributed by atoms with Crippen LogP contribution in [0.25, 0.3) is 0 Å². The summed E-state index contributed by atoms with van der Waals surface area (Å²) in [4.78, 5) is 25.7. The Kier molecular flexibility index (Phi) is 6.63. The van der Waals surface area contributed by atoms with E-state index in [1.54, 1.807) is 32.9 Å². The van der Waals surface area contributed by atoms with Crippen molar-refractivity contribution in [1.29, 1.82) is 0 Å². The summed E-state index contributed by atoms with van der Waals surface area (Å²) >= 11 is 0. The van der Waals surface area contributed by atoms with Gasteiger partial charge in [0.05, 0.1) is 12.1 Å². The lowest BCUT2D eigenvalue weighted by molar-refractivity contribution is 0.0420. The molecule has 0 saturated carbocycles. The summed E-state index contributed by atoms with van der Waals surface area (Å²) in [5.41, 5.74) is 0.235. The third kappa shape index (κ3) is 6.40. The molecule has 142 valence electrons. The normalized spacial score (nSPS) is 20.2. The number of alkyl carbamates (subject to hydrolysis) is 1. The molecule has 0 spiro atoms.